The SMILES string of the molecule is COc1ccc(OC)c2c1cc(C)n2CCC(=O)O. The molecule has 0 radical (unpaired) electrons. The Morgan fingerprint density at radius 2 is 1.89 bits per heavy atom. The van der Waals surface area contributed by atoms with Gasteiger partial charge < -0.3 is 19.1 Å². The minimum absolute atomic E-state index is 0.0744. The Balaban J connectivity index is 2.61. The number of benzene rings is 1. The minimum Gasteiger partial charge on any atom is -0.496 e. The molecule has 1 heterocycles. The summed E-state index contributed by atoms with van der Waals surface area (Å²) in [7, 11) is 3.22. The number of carbonyl (C=O) groups is 1. The van der Waals surface area contributed by atoms with E-state index >= 15 is 0 Å². The number of aliphatic carboxylic acids is 1. The Morgan fingerprint density at radius 3 is 2.47 bits per heavy atom. The molecule has 0 saturated heterocycles. The van der Waals surface area contributed by atoms with Crippen molar-refractivity contribution in [3.63, 3.8) is 0 Å². The molecule has 102 valence electrons. The standard InChI is InChI=1S/C14H17NO4/c1-9-8-10-11(18-2)4-5-12(19-3)14(10)15(9)7-6-13(16)17/h4-5,8H,6-7H2,1-3H3,(H,16,17). The number of hydrogen-bond acceptors (Lipinski definition) is 3. The van der Waals surface area contributed by atoms with E-state index in [1.54, 1.807) is 14.2 Å². The van der Waals surface area contributed by atoms with Crippen molar-refractivity contribution in [1.82, 2.24) is 4.57 Å². The highest BCUT2D eigenvalue weighted by molar-refractivity contribution is 5.92. The summed E-state index contributed by atoms with van der Waals surface area (Å²) in [4.78, 5) is 10.8. The number of nitrogens with zero attached hydrogens (tertiary/aromatic N) is 1. The van der Waals surface area contributed by atoms with Crippen molar-refractivity contribution in [3.8, 4) is 11.5 Å². The molecule has 19 heavy (non-hydrogen) atoms. The fourth-order valence-corrected chi connectivity index (χ4v) is 2.29. The minimum atomic E-state index is -0.817. The van der Waals surface area contributed by atoms with Crippen LogP contribution in [0.25, 0.3) is 10.9 Å². The molecule has 2 rings (SSSR count). The lowest BCUT2D eigenvalue weighted by Crippen LogP contribution is -2.06. The van der Waals surface area contributed by atoms with Gasteiger partial charge in [0.2, 0.25) is 0 Å². The third kappa shape index (κ3) is 2.36. The van der Waals surface area contributed by atoms with Crippen molar-refractivity contribution in [2.24, 2.45) is 0 Å². The van der Waals surface area contributed by atoms with Crippen molar-refractivity contribution in [3.05, 3.63) is 23.9 Å². The van der Waals surface area contributed by atoms with Crippen LogP contribution in [0.4, 0.5) is 0 Å². The lowest BCUT2D eigenvalue weighted by Gasteiger charge is -2.11. The number of ether oxygens (including phenoxy) is 2. The second-order valence-electron chi connectivity index (χ2n) is 4.31. The predicted molar refractivity (Wildman–Crippen MR) is 72.0 cm³/mol. The van der Waals surface area contributed by atoms with E-state index in [4.69, 9.17) is 14.6 Å². The largest absolute Gasteiger partial charge is 0.496 e. The molecule has 0 fully saturated rings. The molecule has 0 spiro atoms. The second-order valence-corrected chi connectivity index (χ2v) is 4.31. The maximum atomic E-state index is 10.8. The highest BCUT2D eigenvalue weighted by Crippen LogP contribution is 2.35. The van der Waals surface area contributed by atoms with E-state index < -0.39 is 5.97 Å². The van der Waals surface area contributed by atoms with Crippen molar-refractivity contribution in [2.75, 3.05) is 14.2 Å². The highest BCUT2D eigenvalue weighted by Gasteiger charge is 2.15. The molecule has 0 aliphatic carbocycles. The molecule has 0 aliphatic heterocycles. The van der Waals surface area contributed by atoms with Gasteiger partial charge in [-0.1, -0.05) is 0 Å². The van der Waals surface area contributed by atoms with Gasteiger partial charge in [-0.2, -0.15) is 0 Å². The molecule has 0 unspecified atom stereocenters. The first-order valence-corrected chi connectivity index (χ1v) is 6.01. The number of carboxylic acid groups (broad SMARTS) is 1. The van der Waals surface area contributed by atoms with Gasteiger partial charge in [0.05, 0.1) is 26.2 Å². The van der Waals surface area contributed by atoms with E-state index in [9.17, 15) is 4.79 Å². The van der Waals surface area contributed by atoms with Crippen LogP contribution in [-0.4, -0.2) is 29.9 Å². The molecule has 1 aromatic heterocycles. The summed E-state index contributed by atoms with van der Waals surface area (Å²) in [6, 6.07) is 5.67. The van der Waals surface area contributed by atoms with E-state index in [1.165, 1.54) is 0 Å². The zero-order chi connectivity index (χ0) is 14.0. The summed E-state index contributed by atoms with van der Waals surface area (Å²) in [5.41, 5.74) is 1.86. The summed E-state index contributed by atoms with van der Waals surface area (Å²) < 4.78 is 12.6. The third-order valence-electron chi connectivity index (χ3n) is 3.18. The number of aryl methyl sites for hydroxylation is 2. The summed E-state index contributed by atoms with van der Waals surface area (Å²) in [5, 5.41) is 9.77. The fourth-order valence-electron chi connectivity index (χ4n) is 2.29. The highest BCUT2D eigenvalue weighted by atomic mass is 16.5. The monoisotopic (exact) mass is 263 g/mol. The van der Waals surface area contributed by atoms with Gasteiger partial charge in [-0.3, -0.25) is 4.79 Å². The molecule has 0 saturated carbocycles. The molecule has 0 bridgehead atoms. The van der Waals surface area contributed by atoms with Crippen molar-refractivity contribution in [1.29, 1.82) is 0 Å². The smallest absolute Gasteiger partial charge is 0.305 e. The lowest BCUT2D eigenvalue weighted by molar-refractivity contribution is -0.137. The molecule has 1 aromatic carbocycles. The van der Waals surface area contributed by atoms with Gasteiger partial charge in [0.25, 0.3) is 0 Å². The molecule has 0 amide bonds. The van der Waals surface area contributed by atoms with E-state index in [2.05, 4.69) is 0 Å². The van der Waals surface area contributed by atoms with Gasteiger partial charge in [-0.25, -0.2) is 0 Å². The molecular weight excluding hydrogens is 246 g/mol. The van der Waals surface area contributed by atoms with Crippen LogP contribution in [0, 0.1) is 6.92 Å². The predicted octanol–water partition coefficient (Wildman–Crippen LogP) is 2.44. The fraction of sp³-hybridized carbons (Fsp3) is 0.357. The summed E-state index contributed by atoms with van der Waals surface area (Å²) in [6.45, 7) is 2.36. The van der Waals surface area contributed by atoms with Gasteiger partial charge >= 0.3 is 5.97 Å². The van der Waals surface area contributed by atoms with Gasteiger partial charge in [0.15, 0.2) is 0 Å². The summed E-state index contributed by atoms with van der Waals surface area (Å²) >= 11 is 0. The first kappa shape index (κ1) is 13.3. The van der Waals surface area contributed by atoms with Crippen molar-refractivity contribution in [2.45, 2.75) is 19.9 Å². The van der Waals surface area contributed by atoms with E-state index in [0.717, 1.165) is 22.3 Å². The Morgan fingerprint density at radius 1 is 1.26 bits per heavy atom. The number of fused-ring (bicyclic) bond motifs is 1. The lowest BCUT2D eigenvalue weighted by atomic mass is 10.2. The van der Waals surface area contributed by atoms with Crippen molar-refractivity contribution >= 4 is 16.9 Å². The first-order valence-electron chi connectivity index (χ1n) is 6.01. The van der Waals surface area contributed by atoms with Gasteiger partial charge in [-0.15, -0.1) is 0 Å². The van der Waals surface area contributed by atoms with Crippen LogP contribution in [0.5, 0.6) is 11.5 Å². The second kappa shape index (κ2) is 5.22. The summed E-state index contributed by atoms with van der Waals surface area (Å²) in [5.74, 6) is 0.658. The number of methoxy groups -OCH3 is 2. The number of carboxylic acids is 1. The molecular formula is C14H17NO4. The maximum absolute atomic E-state index is 10.8. The van der Waals surface area contributed by atoms with Gasteiger partial charge in [-0.05, 0) is 25.1 Å². The zero-order valence-corrected chi connectivity index (χ0v) is 11.3. The molecule has 0 atom stereocenters. The third-order valence-corrected chi connectivity index (χ3v) is 3.18. The Hall–Kier alpha value is -2.17. The molecule has 5 heteroatoms. The first-order chi connectivity index (χ1) is 9.08. The van der Waals surface area contributed by atoms with Gasteiger partial charge in [0, 0.05) is 17.6 Å². The van der Waals surface area contributed by atoms with E-state index in [0.29, 0.717) is 12.3 Å². The molecule has 0 aliphatic rings. The topological polar surface area (TPSA) is 60.7 Å². The molecule has 1 N–H and O–H groups in total. The van der Waals surface area contributed by atoms with Crippen LogP contribution < -0.4 is 9.47 Å². The van der Waals surface area contributed by atoms with Crippen LogP contribution in [0.2, 0.25) is 0 Å². The molecule has 5 nitrogen and oxygen atoms in total. The van der Waals surface area contributed by atoms with Crippen LogP contribution in [0.1, 0.15) is 12.1 Å². The van der Waals surface area contributed by atoms with Crippen LogP contribution >= 0.6 is 0 Å². The van der Waals surface area contributed by atoms with Gasteiger partial charge in [0.1, 0.15) is 11.5 Å². The van der Waals surface area contributed by atoms with Crippen molar-refractivity contribution < 1.29 is 19.4 Å². The summed E-state index contributed by atoms with van der Waals surface area (Å²) in [6.07, 6.45) is 0.0744. The number of rotatable bonds is 5. The van der Waals surface area contributed by atoms with E-state index in [1.807, 2.05) is 29.7 Å². The number of aromatic nitrogens is 1. The molecule has 2 aromatic rings. The quantitative estimate of drug-likeness (QED) is 0.900. The van der Waals surface area contributed by atoms with E-state index in [-0.39, 0.29) is 6.42 Å². The van der Waals surface area contributed by atoms with Crippen LogP contribution in [0.15, 0.2) is 18.2 Å². The Labute approximate surface area is 111 Å². The normalized spacial score (nSPS) is 10.7. The van der Waals surface area contributed by atoms with Crippen LogP contribution in [0.3, 0.4) is 0 Å². The Bertz CT molecular complexity index is 615. The number of hydrogen-bond donors (Lipinski definition) is 1. The Kier molecular flexibility index (Phi) is 3.64. The average Bonchev–Trinajstić information content (AvgIpc) is 2.71. The maximum Gasteiger partial charge on any atom is 0.305 e. The zero-order valence-electron chi connectivity index (χ0n) is 11.3. The van der Waals surface area contributed by atoms with Crippen LogP contribution in [-0.2, 0) is 11.3 Å². The average molecular weight is 263 g/mol.